The summed E-state index contributed by atoms with van der Waals surface area (Å²) in [6.07, 6.45) is -3.83. The van der Waals surface area contributed by atoms with E-state index in [0.717, 1.165) is 21.3 Å². The molecule has 1 unspecified atom stereocenters. The Morgan fingerprint density at radius 3 is 2.33 bits per heavy atom. The maximum absolute atomic E-state index is 12.8. The van der Waals surface area contributed by atoms with Gasteiger partial charge < -0.3 is 0 Å². The van der Waals surface area contributed by atoms with Gasteiger partial charge >= 0.3 is 6.18 Å². The fourth-order valence-electron chi connectivity index (χ4n) is 2.06. The van der Waals surface area contributed by atoms with Crippen LogP contribution in [-0.4, -0.2) is 0 Å². The number of nitrogens with two attached hydrogens (primary N) is 1. The number of hydrogen-bond donors (Lipinski definition) is 2. The van der Waals surface area contributed by atoms with Gasteiger partial charge in [0, 0.05) is 9.61 Å². The second-order valence-electron chi connectivity index (χ2n) is 4.67. The topological polar surface area (TPSA) is 38.0 Å². The van der Waals surface area contributed by atoms with Gasteiger partial charge in [-0.05, 0) is 64.4 Å². The van der Waals surface area contributed by atoms with E-state index in [-0.39, 0.29) is 6.04 Å². The zero-order chi connectivity index (χ0) is 15.5. The molecule has 2 aromatic carbocycles. The SMILES string of the molecule is NNC(Cc1ccc(I)cc1)c1cccc(C(F)(F)F)c1. The smallest absolute Gasteiger partial charge is 0.271 e. The number of benzene rings is 2. The fraction of sp³-hybridized carbons (Fsp3) is 0.200. The highest BCUT2D eigenvalue weighted by molar-refractivity contribution is 14.1. The molecular formula is C15H14F3IN2. The number of nitrogens with one attached hydrogen (secondary N) is 1. The summed E-state index contributed by atoms with van der Waals surface area (Å²) in [6.45, 7) is 0. The first-order chi connectivity index (χ1) is 9.90. The van der Waals surface area contributed by atoms with E-state index in [1.54, 1.807) is 6.07 Å². The highest BCUT2D eigenvalue weighted by atomic mass is 127. The molecule has 6 heteroatoms. The van der Waals surface area contributed by atoms with Crippen LogP contribution in [0.4, 0.5) is 13.2 Å². The van der Waals surface area contributed by atoms with Crippen LogP contribution in [0.15, 0.2) is 48.5 Å². The van der Waals surface area contributed by atoms with Crippen LogP contribution in [-0.2, 0) is 12.6 Å². The van der Waals surface area contributed by atoms with Crippen molar-refractivity contribution in [2.24, 2.45) is 5.84 Å². The molecule has 1 atom stereocenters. The molecule has 0 fully saturated rings. The molecule has 0 saturated heterocycles. The van der Waals surface area contributed by atoms with Gasteiger partial charge in [-0.15, -0.1) is 0 Å². The molecule has 0 aliphatic rings. The molecular weight excluding hydrogens is 392 g/mol. The van der Waals surface area contributed by atoms with E-state index >= 15 is 0 Å². The Morgan fingerprint density at radius 1 is 1.10 bits per heavy atom. The fourth-order valence-corrected chi connectivity index (χ4v) is 2.42. The summed E-state index contributed by atoms with van der Waals surface area (Å²) in [5.74, 6) is 5.51. The average molecular weight is 406 g/mol. The normalized spacial score (nSPS) is 13.2. The molecule has 3 N–H and O–H groups in total. The van der Waals surface area contributed by atoms with Gasteiger partial charge in [0.05, 0.1) is 5.56 Å². The molecule has 0 aliphatic heterocycles. The maximum Gasteiger partial charge on any atom is 0.416 e. The zero-order valence-corrected chi connectivity index (χ0v) is 13.1. The Kier molecular flexibility index (Phi) is 5.23. The van der Waals surface area contributed by atoms with Gasteiger partial charge in [0.25, 0.3) is 0 Å². The van der Waals surface area contributed by atoms with Crippen molar-refractivity contribution in [3.05, 3.63) is 68.8 Å². The van der Waals surface area contributed by atoms with Crippen molar-refractivity contribution in [2.45, 2.75) is 18.6 Å². The first-order valence-electron chi connectivity index (χ1n) is 6.28. The summed E-state index contributed by atoms with van der Waals surface area (Å²) in [7, 11) is 0. The molecule has 2 aromatic rings. The van der Waals surface area contributed by atoms with Crippen LogP contribution >= 0.6 is 22.6 Å². The molecule has 2 rings (SSSR count). The third kappa shape index (κ3) is 4.42. The van der Waals surface area contributed by atoms with Crippen LogP contribution in [0.2, 0.25) is 0 Å². The summed E-state index contributed by atoms with van der Waals surface area (Å²) in [4.78, 5) is 0. The lowest BCUT2D eigenvalue weighted by atomic mass is 9.98. The van der Waals surface area contributed by atoms with Crippen molar-refractivity contribution in [2.75, 3.05) is 0 Å². The number of rotatable bonds is 4. The quantitative estimate of drug-likeness (QED) is 0.457. The molecule has 112 valence electrons. The highest BCUT2D eigenvalue weighted by Crippen LogP contribution is 2.31. The summed E-state index contributed by atoms with van der Waals surface area (Å²) in [5.41, 5.74) is 3.46. The minimum Gasteiger partial charge on any atom is -0.271 e. The van der Waals surface area contributed by atoms with Crippen molar-refractivity contribution in [1.82, 2.24) is 5.43 Å². The van der Waals surface area contributed by atoms with Crippen LogP contribution in [0.25, 0.3) is 0 Å². The van der Waals surface area contributed by atoms with E-state index in [1.165, 1.54) is 6.07 Å². The van der Waals surface area contributed by atoms with E-state index in [1.807, 2.05) is 24.3 Å². The minimum atomic E-state index is -4.35. The summed E-state index contributed by atoms with van der Waals surface area (Å²) >= 11 is 2.20. The lowest BCUT2D eigenvalue weighted by molar-refractivity contribution is -0.137. The van der Waals surface area contributed by atoms with Crippen LogP contribution in [0.3, 0.4) is 0 Å². The Labute approximate surface area is 134 Å². The molecule has 0 spiro atoms. The van der Waals surface area contributed by atoms with E-state index in [2.05, 4.69) is 28.0 Å². The first-order valence-corrected chi connectivity index (χ1v) is 7.36. The predicted molar refractivity (Wildman–Crippen MR) is 84.4 cm³/mol. The predicted octanol–water partition coefficient (Wildman–Crippen LogP) is 4.06. The van der Waals surface area contributed by atoms with E-state index in [4.69, 9.17) is 5.84 Å². The van der Waals surface area contributed by atoms with Gasteiger partial charge in [0.2, 0.25) is 0 Å². The first kappa shape index (κ1) is 16.3. The van der Waals surface area contributed by atoms with E-state index in [0.29, 0.717) is 12.0 Å². The van der Waals surface area contributed by atoms with Crippen molar-refractivity contribution in [3.8, 4) is 0 Å². The molecule has 0 amide bonds. The van der Waals surface area contributed by atoms with E-state index in [9.17, 15) is 13.2 Å². The Hall–Kier alpha value is -1.12. The van der Waals surface area contributed by atoms with Crippen molar-refractivity contribution >= 4 is 22.6 Å². The average Bonchev–Trinajstić information content (AvgIpc) is 2.46. The third-order valence-corrected chi connectivity index (χ3v) is 3.89. The standard InChI is InChI=1S/C15H14F3IN2/c16-15(17,18)12-3-1-2-11(9-12)14(21-20)8-10-4-6-13(19)7-5-10/h1-7,9,14,21H,8,20H2. The Balaban J connectivity index is 2.23. The van der Waals surface area contributed by atoms with Crippen LogP contribution in [0.1, 0.15) is 22.7 Å². The molecule has 0 aromatic heterocycles. The van der Waals surface area contributed by atoms with Gasteiger partial charge in [0.15, 0.2) is 0 Å². The van der Waals surface area contributed by atoms with Gasteiger partial charge in [-0.1, -0.05) is 24.3 Å². The third-order valence-electron chi connectivity index (χ3n) is 3.17. The summed E-state index contributed by atoms with van der Waals surface area (Å²) < 4.78 is 39.4. The molecule has 21 heavy (non-hydrogen) atoms. The summed E-state index contributed by atoms with van der Waals surface area (Å²) in [6, 6.07) is 12.7. The zero-order valence-electron chi connectivity index (χ0n) is 11.0. The van der Waals surface area contributed by atoms with Gasteiger partial charge in [-0.3, -0.25) is 11.3 Å². The van der Waals surface area contributed by atoms with E-state index < -0.39 is 11.7 Å². The maximum atomic E-state index is 12.8. The lowest BCUT2D eigenvalue weighted by Gasteiger charge is -2.18. The molecule has 2 nitrogen and oxygen atoms in total. The molecule has 0 radical (unpaired) electrons. The Bertz CT molecular complexity index is 597. The second-order valence-corrected chi connectivity index (χ2v) is 5.92. The molecule has 0 bridgehead atoms. The van der Waals surface area contributed by atoms with Crippen molar-refractivity contribution in [1.29, 1.82) is 0 Å². The summed E-state index contributed by atoms with van der Waals surface area (Å²) in [5, 5.41) is 0. The highest BCUT2D eigenvalue weighted by Gasteiger charge is 2.30. The molecule has 0 heterocycles. The van der Waals surface area contributed by atoms with Crippen LogP contribution < -0.4 is 11.3 Å². The number of alkyl halides is 3. The van der Waals surface area contributed by atoms with Crippen molar-refractivity contribution in [3.63, 3.8) is 0 Å². The Morgan fingerprint density at radius 2 is 1.76 bits per heavy atom. The van der Waals surface area contributed by atoms with Crippen LogP contribution in [0, 0.1) is 3.57 Å². The van der Waals surface area contributed by atoms with Gasteiger partial charge in [0.1, 0.15) is 0 Å². The van der Waals surface area contributed by atoms with Gasteiger partial charge in [-0.25, -0.2) is 0 Å². The number of halogens is 4. The monoisotopic (exact) mass is 406 g/mol. The lowest BCUT2D eigenvalue weighted by Crippen LogP contribution is -2.29. The van der Waals surface area contributed by atoms with Crippen LogP contribution in [0.5, 0.6) is 0 Å². The van der Waals surface area contributed by atoms with Crippen molar-refractivity contribution < 1.29 is 13.2 Å². The largest absolute Gasteiger partial charge is 0.416 e. The molecule has 0 aliphatic carbocycles. The minimum absolute atomic E-state index is 0.368. The number of hydrogen-bond acceptors (Lipinski definition) is 2. The van der Waals surface area contributed by atoms with Gasteiger partial charge in [-0.2, -0.15) is 13.2 Å². The second kappa shape index (κ2) is 6.76. The molecule has 0 saturated carbocycles. The number of hydrazine groups is 1.